The minimum absolute atomic E-state index is 0.179. The Bertz CT molecular complexity index is 219. The molecule has 0 amide bonds. The van der Waals surface area contributed by atoms with E-state index >= 15 is 0 Å². The zero-order valence-corrected chi connectivity index (χ0v) is 11.7. The third kappa shape index (κ3) is 6.36. The summed E-state index contributed by atoms with van der Waals surface area (Å²) < 4.78 is 5.53. The van der Waals surface area contributed by atoms with Crippen LogP contribution in [0, 0.1) is 0 Å². The number of nitrogens with zero attached hydrogens (tertiary/aromatic N) is 1. The van der Waals surface area contributed by atoms with Gasteiger partial charge in [0.15, 0.2) is 0 Å². The predicted molar refractivity (Wildman–Crippen MR) is 70.2 cm³/mol. The second-order valence-electron chi connectivity index (χ2n) is 5.79. The summed E-state index contributed by atoms with van der Waals surface area (Å²) in [5, 5.41) is 13.0. The van der Waals surface area contributed by atoms with Crippen molar-refractivity contribution in [1.29, 1.82) is 0 Å². The molecule has 17 heavy (non-hydrogen) atoms. The maximum absolute atomic E-state index is 9.50. The van der Waals surface area contributed by atoms with Gasteiger partial charge in [-0.05, 0) is 40.7 Å². The second kappa shape index (κ2) is 6.69. The Morgan fingerprint density at radius 2 is 2.12 bits per heavy atom. The first-order chi connectivity index (χ1) is 7.95. The minimum Gasteiger partial charge on any atom is -0.394 e. The van der Waals surface area contributed by atoms with Crippen molar-refractivity contribution < 1.29 is 9.84 Å². The zero-order valence-electron chi connectivity index (χ0n) is 11.7. The molecular weight excluding hydrogens is 216 g/mol. The highest BCUT2D eigenvalue weighted by Crippen LogP contribution is 2.22. The fourth-order valence-electron chi connectivity index (χ4n) is 1.98. The van der Waals surface area contributed by atoms with Crippen molar-refractivity contribution in [3.05, 3.63) is 0 Å². The summed E-state index contributed by atoms with van der Waals surface area (Å²) in [6.45, 7) is 8.86. The lowest BCUT2D eigenvalue weighted by Crippen LogP contribution is -2.54. The van der Waals surface area contributed by atoms with E-state index in [1.807, 2.05) is 13.8 Å². The van der Waals surface area contributed by atoms with E-state index in [2.05, 4.69) is 24.2 Å². The van der Waals surface area contributed by atoms with Gasteiger partial charge in [0.2, 0.25) is 0 Å². The summed E-state index contributed by atoms with van der Waals surface area (Å²) in [7, 11) is 2.08. The molecule has 0 radical (unpaired) electrons. The number of aliphatic hydroxyl groups is 1. The Balaban J connectivity index is 2.23. The van der Waals surface area contributed by atoms with Crippen LogP contribution >= 0.6 is 0 Å². The van der Waals surface area contributed by atoms with Gasteiger partial charge in [0.25, 0.3) is 0 Å². The van der Waals surface area contributed by atoms with Crippen LogP contribution < -0.4 is 5.32 Å². The van der Waals surface area contributed by atoms with E-state index in [4.69, 9.17) is 4.74 Å². The molecule has 102 valence electrons. The topological polar surface area (TPSA) is 44.7 Å². The molecule has 4 nitrogen and oxygen atoms in total. The lowest BCUT2D eigenvalue weighted by Gasteiger charge is -2.33. The Kier molecular flexibility index (Phi) is 5.86. The van der Waals surface area contributed by atoms with Crippen LogP contribution in [0.4, 0.5) is 0 Å². The maximum atomic E-state index is 9.50. The lowest BCUT2D eigenvalue weighted by atomic mass is 10.0. The first kappa shape index (κ1) is 14.9. The molecule has 1 aliphatic rings. The first-order valence-corrected chi connectivity index (χ1v) is 6.64. The molecule has 0 bridgehead atoms. The largest absolute Gasteiger partial charge is 0.394 e. The number of ether oxygens (including phenoxy) is 1. The molecule has 0 aliphatic heterocycles. The van der Waals surface area contributed by atoms with Gasteiger partial charge in [0.1, 0.15) is 0 Å². The quantitative estimate of drug-likeness (QED) is 0.631. The van der Waals surface area contributed by atoms with Crippen molar-refractivity contribution in [2.75, 3.05) is 33.4 Å². The molecule has 2 N–H and O–H groups in total. The van der Waals surface area contributed by atoms with Crippen molar-refractivity contribution in [2.24, 2.45) is 0 Å². The maximum Gasteiger partial charge on any atom is 0.0623 e. The molecular formula is C13H28N2O2. The van der Waals surface area contributed by atoms with Crippen molar-refractivity contribution in [2.45, 2.75) is 51.3 Å². The Hall–Kier alpha value is -0.160. The predicted octanol–water partition coefficient (Wildman–Crippen LogP) is 0.846. The molecule has 1 unspecified atom stereocenters. The molecule has 1 saturated carbocycles. The second-order valence-corrected chi connectivity index (χ2v) is 5.79. The minimum atomic E-state index is -0.187. The van der Waals surface area contributed by atoms with Crippen LogP contribution in [0.3, 0.4) is 0 Å². The molecule has 0 aromatic carbocycles. The molecule has 0 aromatic heterocycles. The molecule has 1 rings (SSSR count). The third-order valence-electron chi connectivity index (χ3n) is 3.02. The number of rotatable bonds is 9. The van der Waals surface area contributed by atoms with E-state index in [1.165, 1.54) is 12.8 Å². The molecule has 4 heteroatoms. The highest BCUT2D eigenvalue weighted by molar-refractivity contribution is 4.93. The van der Waals surface area contributed by atoms with Gasteiger partial charge < -0.3 is 20.1 Å². The summed E-state index contributed by atoms with van der Waals surface area (Å²) in [5.74, 6) is 0. The highest BCUT2D eigenvalue weighted by atomic mass is 16.5. The fourth-order valence-corrected chi connectivity index (χ4v) is 1.98. The standard InChI is InChI=1S/C13H28N2O2/c1-11(2)17-8-7-15(4)9-13(3,10-16)14-12-5-6-12/h11-12,14,16H,5-10H2,1-4H3. The van der Waals surface area contributed by atoms with E-state index in [9.17, 15) is 5.11 Å². The number of hydrogen-bond acceptors (Lipinski definition) is 4. The van der Waals surface area contributed by atoms with Crippen LogP contribution in [0.5, 0.6) is 0 Å². The third-order valence-corrected chi connectivity index (χ3v) is 3.02. The summed E-state index contributed by atoms with van der Waals surface area (Å²) >= 11 is 0. The average molecular weight is 244 g/mol. The van der Waals surface area contributed by atoms with Crippen LogP contribution in [-0.4, -0.2) is 61.0 Å². The zero-order chi connectivity index (χ0) is 12.9. The first-order valence-electron chi connectivity index (χ1n) is 6.64. The molecule has 0 spiro atoms. The van der Waals surface area contributed by atoms with Crippen LogP contribution in [-0.2, 0) is 4.74 Å². The van der Waals surface area contributed by atoms with Gasteiger partial charge in [0.05, 0.1) is 24.9 Å². The van der Waals surface area contributed by atoms with Gasteiger partial charge in [-0.15, -0.1) is 0 Å². The summed E-state index contributed by atoms with van der Waals surface area (Å²) in [4.78, 5) is 2.22. The van der Waals surface area contributed by atoms with Crippen molar-refractivity contribution >= 4 is 0 Å². The van der Waals surface area contributed by atoms with Gasteiger partial charge in [-0.1, -0.05) is 0 Å². The molecule has 1 aliphatic carbocycles. The smallest absolute Gasteiger partial charge is 0.0623 e. The van der Waals surface area contributed by atoms with Crippen LogP contribution in [0.25, 0.3) is 0 Å². The summed E-state index contributed by atoms with van der Waals surface area (Å²) in [5.41, 5.74) is -0.187. The van der Waals surface area contributed by atoms with Gasteiger partial charge in [-0.25, -0.2) is 0 Å². The highest BCUT2D eigenvalue weighted by Gasteiger charge is 2.32. The number of likely N-dealkylation sites (N-methyl/N-ethyl adjacent to an activating group) is 1. The Labute approximate surface area is 105 Å². The molecule has 1 atom stereocenters. The monoisotopic (exact) mass is 244 g/mol. The van der Waals surface area contributed by atoms with Crippen molar-refractivity contribution in [3.63, 3.8) is 0 Å². The van der Waals surface area contributed by atoms with E-state index in [0.717, 1.165) is 19.7 Å². The van der Waals surface area contributed by atoms with Gasteiger partial charge in [-0.3, -0.25) is 0 Å². The fraction of sp³-hybridized carbons (Fsp3) is 1.00. The molecule has 0 saturated heterocycles. The summed E-state index contributed by atoms with van der Waals surface area (Å²) in [6, 6.07) is 0.618. The number of aliphatic hydroxyl groups excluding tert-OH is 1. The van der Waals surface area contributed by atoms with Crippen molar-refractivity contribution in [3.8, 4) is 0 Å². The van der Waals surface area contributed by atoms with Gasteiger partial charge >= 0.3 is 0 Å². The van der Waals surface area contributed by atoms with Crippen LogP contribution in [0.2, 0.25) is 0 Å². The normalized spacial score (nSPS) is 19.9. The van der Waals surface area contributed by atoms with Crippen LogP contribution in [0.1, 0.15) is 33.6 Å². The van der Waals surface area contributed by atoms with Crippen LogP contribution in [0.15, 0.2) is 0 Å². The Morgan fingerprint density at radius 1 is 1.47 bits per heavy atom. The summed E-state index contributed by atoms with van der Waals surface area (Å²) in [6.07, 6.45) is 2.78. The molecule has 0 aromatic rings. The lowest BCUT2D eigenvalue weighted by molar-refractivity contribution is 0.0535. The molecule has 1 fully saturated rings. The van der Waals surface area contributed by atoms with E-state index < -0.39 is 0 Å². The van der Waals surface area contributed by atoms with Gasteiger partial charge in [-0.2, -0.15) is 0 Å². The van der Waals surface area contributed by atoms with Crippen molar-refractivity contribution in [1.82, 2.24) is 10.2 Å². The number of hydrogen-bond donors (Lipinski definition) is 2. The average Bonchev–Trinajstić information content (AvgIpc) is 3.00. The number of nitrogens with one attached hydrogen (secondary N) is 1. The Morgan fingerprint density at radius 3 is 2.59 bits per heavy atom. The SMILES string of the molecule is CC(C)OCCN(C)CC(C)(CO)NC1CC1. The van der Waals surface area contributed by atoms with E-state index in [0.29, 0.717) is 6.04 Å². The molecule has 0 heterocycles. The van der Waals surface area contributed by atoms with E-state index in [-0.39, 0.29) is 18.2 Å². The van der Waals surface area contributed by atoms with E-state index in [1.54, 1.807) is 0 Å². The van der Waals surface area contributed by atoms with Gasteiger partial charge in [0, 0.05) is 19.1 Å².